The zero-order chi connectivity index (χ0) is 17.5. The van der Waals surface area contributed by atoms with E-state index in [0.29, 0.717) is 19.5 Å². The number of para-hydroxylation sites is 1. The average molecular weight is 330 g/mol. The second-order valence-electron chi connectivity index (χ2n) is 7.07. The van der Waals surface area contributed by atoms with Gasteiger partial charge in [0.15, 0.2) is 0 Å². The summed E-state index contributed by atoms with van der Waals surface area (Å²) in [6.45, 7) is 6.33. The van der Waals surface area contributed by atoms with Crippen LogP contribution in [0.4, 0.5) is 4.79 Å². The van der Waals surface area contributed by atoms with Crippen LogP contribution in [0.2, 0.25) is 0 Å². The number of rotatable bonds is 2. The number of carbonyl (C=O) groups excluding carboxylic acids is 1. The minimum Gasteiger partial charge on any atom is -0.480 e. The molecular formula is C18H22N2O4. The molecule has 3 rings (SSSR count). The van der Waals surface area contributed by atoms with Crippen LogP contribution in [-0.2, 0) is 29.0 Å². The number of amides is 1. The number of carboxylic acid groups (broad SMARTS) is 1. The SMILES string of the molecule is CC(C)(C)OC(=O)N1CCc2c(n(CC(=O)O)c3ccccc23)C1. The molecule has 0 saturated carbocycles. The van der Waals surface area contributed by atoms with E-state index in [-0.39, 0.29) is 12.6 Å². The highest BCUT2D eigenvalue weighted by Crippen LogP contribution is 2.31. The lowest BCUT2D eigenvalue weighted by Gasteiger charge is -2.30. The van der Waals surface area contributed by atoms with Gasteiger partial charge in [-0.3, -0.25) is 4.79 Å². The van der Waals surface area contributed by atoms with Crippen molar-refractivity contribution in [1.29, 1.82) is 0 Å². The van der Waals surface area contributed by atoms with E-state index in [2.05, 4.69) is 0 Å². The van der Waals surface area contributed by atoms with Gasteiger partial charge in [0, 0.05) is 23.1 Å². The highest BCUT2D eigenvalue weighted by atomic mass is 16.6. The lowest BCUT2D eigenvalue weighted by molar-refractivity contribution is -0.137. The summed E-state index contributed by atoms with van der Waals surface area (Å²) in [5.74, 6) is -0.895. The molecule has 0 atom stereocenters. The summed E-state index contributed by atoms with van der Waals surface area (Å²) in [7, 11) is 0. The number of nitrogens with zero attached hydrogens (tertiary/aromatic N) is 2. The molecular weight excluding hydrogens is 308 g/mol. The fourth-order valence-electron chi connectivity index (χ4n) is 3.19. The van der Waals surface area contributed by atoms with E-state index in [4.69, 9.17) is 4.74 Å². The molecule has 6 nitrogen and oxygen atoms in total. The molecule has 128 valence electrons. The summed E-state index contributed by atoms with van der Waals surface area (Å²) in [4.78, 5) is 25.3. The predicted molar refractivity (Wildman–Crippen MR) is 89.9 cm³/mol. The Balaban J connectivity index is 1.98. The summed E-state index contributed by atoms with van der Waals surface area (Å²) >= 11 is 0. The van der Waals surface area contributed by atoms with Crippen molar-refractivity contribution in [3.8, 4) is 0 Å². The second kappa shape index (κ2) is 5.85. The van der Waals surface area contributed by atoms with E-state index in [1.54, 1.807) is 9.47 Å². The van der Waals surface area contributed by atoms with Crippen molar-refractivity contribution >= 4 is 23.0 Å². The van der Waals surface area contributed by atoms with Crippen molar-refractivity contribution in [2.24, 2.45) is 0 Å². The van der Waals surface area contributed by atoms with Gasteiger partial charge in [-0.15, -0.1) is 0 Å². The van der Waals surface area contributed by atoms with Gasteiger partial charge >= 0.3 is 12.1 Å². The molecule has 0 radical (unpaired) electrons. The summed E-state index contributed by atoms with van der Waals surface area (Å²) in [6.07, 6.45) is 0.335. The minimum atomic E-state index is -0.895. The van der Waals surface area contributed by atoms with E-state index in [0.717, 1.165) is 22.2 Å². The molecule has 1 aromatic heterocycles. The predicted octanol–water partition coefficient (Wildman–Crippen LogP) is 3.02. The number of fused-ring (bicyclic) bond motifs is 3. The van der Waals surface area contributed by atoms with Gasteiger partial charge in [-0.25, -0.2) is 4.79 Å². The van der Waals surface area contributed by atoms with Crippen molar-refractivity contribution < 1.29 is 19.4 Å². The van der Waals surface area contributed by atoms with E-state index in [1.165, 1.54) is 0 Å². The maximum absolute atomic E-state index is 12.4. The largest absolute Gasteiger partial charge is 0.480 e. The van der Waals surface area contributed by atoms with Crippen molar-refractivity contribution in [2.45, 2.75) is 45.9 Å². The van der Waals surface area contributed by atoms with Crippen molar-refractivity contribution in [3.05, 3.63) is 35.5 Å². The highest BCUT2D eigenvalue weighted by molar-refractivity contribution is 5.87. The van der Waals surface area contributed by atoms with Gasteiger partial charge in [-0.2, -0.15) is 0 Å². The number of ether oxygens (including phenoxy) is 1. The third-order valence-electron chi connectivity index (χ3n) is 4.11. The third kappa shape index (κ3) is 3.09. The van der Waals surface area contributed by atoms with Crippen LogP contribution in [-0.4, -0.2) is 38.8 Å². The molecule has 1 aliphatic rings. The van der Waals surface area contributed by atoms with Crippen LogP contribution in [0.25, 0.3) is 10.9 Å². The lowest BCUT2D eigenvalue weighted by atomic mass is 10.0. The van der Waals surface area contributed by atoms with Gasteiger partial charge in [-0.1, -0.05) is 18.2 Å². The van der Waals surface area contributed by atoms with E-state index < -0.39 is 11.6 Å². The summed E-state index contributed by atoms with van der Waals surface area (Å²) < 4.78 is 7.24. The van der Waals surface area contributed by atoms with Crippen LogP contribution in [0.3, 0.4) is 0 Å². The molecule has 0 unspecified atom stereocenters. The minimum absolute atomic E-state index is 0.113. The highest BCUT2D eigenvalue weighted by Gasteiger charge is 2.29. The van der Waals surface area contributed by atoms with Gasteiger partial charge in [0.05, 0.1) is 6.54 Å². The molecule has 1 aliphatic heterocycles. The van der Waals surface area contributed by atoms with Crippen LogP contribution >= 0.6 is 0 Å². The molecule has 0 fully saturated rings. The number of aromatic nitrogens is 1. The Kier molecular flexibility index (Phi) is 3.99. The van der Waals surface area contributed by atoms with Crippen LogP contribution in [0.1, 0.15) is 32.0 Å². The number of benzene rings is 1. The first-order valence-electron chi connectivity index (χ1n) is 8.05. The Morgan fingerprint density at radius 2 is 1.96 bits per heavy atom. The molecule has 1 amide bonds. The molecule has 1 N–H and O–H groups in total. The summed E-state index contributed by atoms with van der Waals surface area (Å²) in [5, 5.41) is 10.3. The summed E-state index contributed by atoms with van der Waals surface area (Å²) in [6, 6.07) is 7.79. The first-order chi connectivity index (χ1) is 11.3. The van der Waals surface area contributed by atoms with Gasteiger partial charge in [0.25, 0.3) is 0 Å². The monoisotopic (exact) mass is 330 g/mol. The zero-order valence-corrected chi connectivity index (χ0v) is 14.2. The number of hydrogen-bond donors (Lipinski definition) is 1. The Morgan fingerprint density at radius 3 is 2.62 bits per heavy atom. The summed E-state index contributed by atoms with van der Waals surface area (Å²) in [5.41, 5.74) is 2.36. The van der Waals surface area contributed by atoms with Crippen LogP contribution < -0.4 is 0 Å². The maximum Gasteiger partial charge on any atom is 0.410 e. The third-order valence-corrected chi connectivity index (χ3v) is 4.11. The normalized spacial score (nSPS) is 14.5. The Hall–Kier alpha value is -2.50. The van der Waals surface area contributed by atoms with E-state index in [1.807, 2.05) is 45.0 Å². The lowest BCUT2D eigenvalue weighted by Crippen LogP contribution is -2.40. The quantitative estimate of drug-likeness (QED) is 0.919. The van der Waals surface area contributed by atoms with Gasteiger partial charge < -0.3 is 19.3 Å². The fourth-order valence-corrected chi connectivity index (χ4v) is 3.19. The smallest absolute Gasteiger partial charge is 0.410 e. The molecule has 24 heavy (non-hydrogen) atoms. The van der Waals surface area contributed by atoms with Crippen molar-refractivity contribution in [2.75, 3.05) is 6.54 Å². The molecule has 2 heterocycles. The molecule has 0 bridgehead atoms. The molecule has 0 aliphatic carbocycles. The van der Waals surface area contributed by atoms with Gasteiger partial charge in [0.2, 0.25) is 0 Å². The maximum atomic E-state index is 12.4. The molecule has 2 aromatic rings. The topological polar surface area (TPSA) is 71.8 Å². The standard InChI is InChI=1S/C18H22N2O4/c1-18(2,3)24-17(23)19-9-8-13-12-6-4-5-7-14(12)20(11-16(21)22)15(13)10-19/h4-7H,8-11H2,1-3H3,(H,21,22). The average Bonchev–Trinajstić information content (AvgIpc) is 2.79. The molecule has 0 saturated heterocycles. The van der Waals surface area contributed by atoms with Crippen molar-refractivity contribution in [3.63, 3.8) is 0 Å². The molecule has 0 spiro atoms. The van der Waals surface area contributed by atoms with E-state index in [9.17, 15) is 14.7 Å². The van der Waals surface area contributed by atoms with Crippen LogP contribution in [0.15, 0.2) is 24.3 Å². The number of hydrogen-bond acceptors (Lipinski definition) is 3. The number of carbonyl (C=O) groups is 2. The molecule has 1 aromatic carbocycles. The Bertz CT molecular complexity index is 801. The molecule has 6 heteroatoms. The van der Waals surface area contributed by atoms with Crippen LogP contribution in [0, 0.1) is 0 Å². The van der Waals surface area contributed by atoms with E-state index >= 15 is 0 Å². The zero-order valence-electron chi connectivity index (χ0n) is 14.2. The Morgan fingerprint density at radius 1 is 1.25 bits per heavy atom. The fraction of sp³-hybridized carbons (Fsp3) is 0.444. The van der Waals surface area contributed by atoms with Crippen molar-refractivity contribution in [1.82, 2.24) is 9.47 Å². The number of carboxylic acids is 1. The second-order valence-corrected chi connectivity index (χ2v) is 7.07. The van der Waals surface area contributed by atoms with Gasteiger partial charge in [0.1, 0.15) is 12.1 Å². The first kappa shape index (κ1) is 16.4. The number of aliphatic carboxylic acids is 1. The Labute approximate surface area is 140 Å². The first-order valence-corrected chi connectivity index (χ1v) is 8.05. The van der Waals surface area contributed by atoms with Crippen LogP contribution in [0.5, 0.6) is 0 Å². The van der Waals surface area contributed by atoms with Gasteiger partial charge in [-0.05, 0) is 38.8 Å².